The predicted molar refractivity (Wildman–Crippen MR) is 153 cm³/mol. The number of anilines is 1. The molecule has 1 aliphatic heterocycles. The Hall–Kier alpha value is -3.69. The van der Waals surface area contributed by atoms with Gasteiger partial charge in [0.1, 0.15) is 5.75 Å². The minimum atomic E-state index is -3.48. The van der Waals surface area contributed by atoms with Gasteiger partial charge in [0.25, 0.3) is 5.91 Å². The van der Waals surface area contributed by atoms with Crippen LogP contribution in [0.4, 0.5) is 5.69 Å². The summed E-state index contributed by atoms with van der Waals surface area (Å²) < 4.78 is 33.2. The van der Waals surface area contributed by atoms with Gasteiger partial charge in [0.15, 0.2) is 5.75 Å². The number of amides is 1. The third-order valence-corrected chi connectivity index (χ3v) is 8.64. The van der Waals surface area contributed by atoms with Gasteiger partial charge >= 0.3 is 0 Å². The molecule has 0 aromatic heterocycles. The van der Waals surface area contributed by atoms with E-state index in [2.05, 4.69) is 10.2 Å². The second kappa shape index (κ2) is 12.0. The van der Waals surface area contributed by atoms with Gasteiger partial charge in [-0.1, -0.05) is 60.1 Å². The molecule has 1 heterocycles. The Morgan fingerprint density at radius 3 is 2.13 bits per heavy atom. The number of benzene rings is 4. The number of carbonyl (C=O) groups is 1. The maximum absolute atomic E-state index is 13.0. The number of hydrogen-bond donors (Lipinski definition) is 1. The molecule has 39 heavy (non-hydrogen) atoms. The highest BCUT2D eigenvalue weighted by molar-refractivity contribution is 7.89. The number of para-hydroxylation sites is 1. The van der Waals surface area contributed by atoms with Crippen LogP contribution < -0.4 is 10.1 Å². The van der Waals surface area contributed by atoms with Gasteiger partial charge in [-0.2, -0.15) is 4.31 Å². The minimum Gasteiger partial charge on any atom is -0.455 e. The van der Waals surface area contributed by atoms with E-state index in [-0.39, 0.29) is 5.91 Å². The second-order valence-corrected chi connectivity index (χ2v) is 11.6. The lowest BCUT2D eigenvalue weighted by atomic mass is 10.1. The smallest absolute Gasteiger partial charge is 0.255 e. The fraction of sp³-hybridized carbons (Fsp3) is 0.167. The highest BCUT2D eigenvalue weighted by atomic mass is 35.5. The minimum absolute atomic E-state index is 0.276. The van der Waals surface area contributed by atoms with E-state index >= 15 is 0 Å². The highest BCUT2D eigenvalue weighted by Gasteiger charge is 2.28. The quantitative estimate of drug-likeness (QED) is 0.290. The van der Waals surface area contributed by atoms with Crippen molar-refractivity contribution in [2.45, 2.75) is 11.4 Å². The first kappa shape index (κ1) is 26.9. The SMILES string of the molecule is O=C(Nc1cc(Cl)ccc1Oc1ccccc1)c1ccc(CN2CCN(S(=O)(=O)c3ccccc3)CC2)cc1. The monoisotopic (exact) mass is 561 g/mol. The van der Waals surface area contributed by atoms with Gasteiger partial charge in [0, 0.05) is 43.3 Å². The Balaban J connectivity index is 1.18. The van der Waals surface area contributed by atoms with Crippen LogP contribution in [-0.4, -0.2) is 49.7 Å². The van der Waals surface area contributed by atoms with E-state index in [0.29, 0.717) is 65.4 Å². The molecule has 0 aliphatic carbocycles. The first-order valence-corrected chi connectivity index (χ1v) is 14.4. The number of rotatable bonds is 8. The first-order valence-electron chi connectivity index (χ1n) is 12.6. The molecule has 1 N–H and O–H groups in total. The van der Waals surface area contributed by atoms with Crippen molar-refractivity contribution in [1.29, 1.82) is 0 Å². The molecule has 4 aromatic carbocycles. The topological polar surface area (TPSA) is 79.0 Å². The number of ether oxygens (including phenoxy) is 1. The Bertz CT molecular complexity index is 1520. The van der Waals surface area contributed by atoms with Crippen molar-refractivity contribution in [2.75, 3.05) is 31.5 Å². The predicted octanol–water partition coefficient (Wildman–Crippen LogP) is 5.89. The van der Waals surface area contributed by atoms with Crippen LogP contribution in [0.15, 0.2) is 108 Å². The molecule has 0 spiro atoms. The van der Waals surface area contributed by atoms with E-state index in [1.165, 1.54) is 4.31 Å². The van der Waals surface area contributed by atoms with E-state index < -0.39 is 10.0 Å². The van der Waals surface area contributed by atoms with Crippen LogP contribution in [0.3, 0.4) is 0 Å². The summed E-state index contributed by atoms with van der Waals surface area (Å²) in [6, 6.07) is 30.3. The largest absolute Gasteiger partial charge is 0.455 e. The Morgan fingerprint density at radius 1 is 0.821 bits per heavy atom. The summed E-state index contributed by atoms with van der Waals surface area (Å²) in [5.74, 6) is 0.864. The molecule has 9 heteroatoms. The van der Waals surface area contributed by atoms with Crippen molar-refractivity contribution in [3.8, 4) is 11.5 Å². The van der Waals surface area contributed by atoms with Crippen molar-refractivity contribution in [3.63, 3.8) is 0 Å². The molecular weight excluding hydrogens is 534 g/mol. The third-order valence-electron chi connectivity index (χ3n) is 6.50. The lowest BCUT2D eigenvalue weighted by molar-refractivity contribution is 0.102. The van der Waals surface area contributed by atoms with Gasteiger partial charge in [-0.15, -0.1) is 0 Å². The fourth-order valence-electron chi connectivity index (χ4n) is 4.39. The molecule has 4 aromatic rings. The van der Waals surface area contributed by atoms with Crippen LogP contribution >= 0.6 is 11.6 Å². The second-order valence-electron chi connectivity index (χ2n) is 9.20. The summed E-state index contributed by atoms with van der Waals surface area (Å²) >= 11 is 6.18. The summed E-state index contributed by atoms with van der Waals surface area (Å²) in [4.78, 5) is 15.5. The molecule has 1 amide bonds. The van der Waals surface area contributed by atoms with Crippen LogP contribution in [0, 0.1) is 0 Å². The van der Waals surface area contributed by atoms with Crippen molar-refractivity contribution >= 4 is 33.2 Å². The number of carbonyl (C=O) groups excluding carboxylic acids is 1. The number of nitrogens with one attached hydrogen (secondary N) is 1. The van der Waals surface area contributed by atoms with Gasteiger partial charge in [-0.25, -0.2) is 8.42 Å². The van der Waals surface area contributed by atoms with Crippen molar-refractivity contribution in [2.24, 2.45) is 0 Å². The van der Waals surface area contributed by atoms with Gasteiger partial charge in [-0.3, -0.25) is 9.69 Å². The highest BCUT2D eigenvalue weighted by Crippen LogP contribution is 2.32. The third kappa shape index (κ3) is 6.66. The van der Waals surface area contributed by atoms with E-state index in [1.807, 2.05) is 42.5 Å². The van der Waals surface area contributed by atoms with Crippen LogP contribution in [0.1, 0.15) is 15.9 Å². The number of halogens is 1. The average molecular weight is 562 g/mol. The summed E-state index contributed by atoms with van der Waals surface area (Å²) in [6.45, 7) is 2.81. The average Bonchev–Trinajstić information content (AvgIpc) is 2.96. The molecule has 0 bridgehead atoms. The Labute approximate surface area is 233 Å². The Kier molecular flexibility index (Phi) is 8.28. The number of hydrogen-bond acceptors (Lipinski definition) is 5. The van der Waals surface area contributed by atoms with Gasteiger partial charge < -0.3 is 10.1 Å². The van der Waals surface area contributed by atoms with Crippen LogP contribution in [0.25, 0.3) is 0 Å². The molecule has 0 radical (unpaired) electrons. The standard InChI is InChI=1S/C30H28ClN3O4S/c31-25-15-16-29(38-26-7-3-1-4-8-26)28(21-25)32-30(35)24-13-11-23(12-14-24)22-33-17-19-34(20-18-33)39(36,37)27-9-5-2-6-10-27/h1-16,21H,17-20,22H2,(H,32,35). The summed E-state index contributed by atoms with van der Waals surface area (Å²) in [6.07, 6.45) is 0. The molecule has 200 valence electrons. The molecule has 1 fully saturated rings. The Morgan fingerprint density at radius 2 is 1.46 bits per heavy atom. The molecule has 0 unspecified atom stereocenters. The fourth-order valence-corrected chi connectivity index (χ4v) is 6.00. The summed E-state index contributed by atoms with van der Waals surface area (Å²) in [7, 11) is -3.48. The lowest BCUT2D eigenvalue weighted by Gasteiger charge is -2.34. The van der Waals surface area contributed by atoms with Gasteiger partial charge in [-0.05, 0) is 60.2 Å². The normalized spacial score (nSPS) is 14.6. The summed E-state index contributed by atoms with van der Waals surface area (Å²) in [5.41, 5.74) is 2.02. The number of piperazine rings is 1. The molecule has 7 nitrogen and oxygen atoms in total. The first-order chi connectivity index (χ1) is 18.9. The van der Waals surface area contributed by atoms with Crippen molar-refractivity contribution < 1.29 is 17.9 Å². The molecule has 1 saturated heterocycles. The zero-order valence-electron chi connectivity index (χ0n) is 21.2. The number of nitrogens with zero attached hydrogens (tertiary/aromatic N) is 2. The van der Waals surface area contributed by atoms with E-state index in [4.69, 9.17) is 16.3 Å². The molecule has 0 saturated carbocycles. The zero-order chi connectivity index (χ0) is 27.2. The summed E-state index contributed by atoms with van der Waals surface area (Å²) in [5, 5.41) is 3.38. The van der Waals surface area contributed by atoms with E-state index in [0.717, 1.165) is 5.56 Å². The van der Waals surface area contributed by atoms with E-state index in [9.17, 15) is 13.2 Å². The van der Waals surface area contributed by atoms with Gasteiger partial charge in [0.05, 0.1) is 10.6 Å². The van der Waals surface area contributed by atoms with Crippen molar-refractivity contribution in [3.05, 3.63) is 119 Å². The van der Waals surface area contributed by atoms with Crippen LogP contribution in [-0.2, 0) is 16.6 Å². The van der Waals surface area contributed by atoms with Gasteiger partial charge in [0.2, 0.25) is 10.0 Å². The molecular formula is C30H28ClN3O4S. The van der Waals surface area contributed by atoms with E-state index in [1.54, 1.807) is 60.7 Å². The number of sulfonamides is 1. The maximum atomic E-state index is 13.0. The maximum Gasteiger partial charge on any atom is 0.255 e. The lowest BCUT2D eigenvalue weighted by Crippen LogP contribution is -2.48. The van der Waals surface area contributed by atoms with Crippen LogP contribution in [0.2, 0.25) is 5.02 Å². The zero-order valence-corrected chi connectivity index (χ0v) is 22.7. The molecule has 0 atom stereocenters. The molecule has 1 aliphatic rings. The van der Waals surface area contributed by atoms with Crippen molar-refractivity contribution in [1.82, 2.24) is 9.21 Å². The van der Waals surface area contributed by atoms with Crippen LogP contribution in [0.5, 0.6) is 11.5 Å². The molecule has 5 rings (SSSR count).